The number of halogens is 1. The largest absolute Gasteiger partial charge is 0.507 e. The van der Waals surface area contributed by atoms with E-state index < -0.39 is 0 Å². The molecule has 0 radical (unpaired) electrons. The standard InChI is InChI=1S/C15H22N2O2.ClH/c1-10-4-5-12(18)11(8-10)14(19)17-7-6-13(16)15(2,3)9-17;/h4-5,8,13,18H,6-7,9,16H2,1-3H3;1H. The molecular weight excluding hydrogens is 276 g/mol. The van der Waals surface area contributed by atoms with E-state index >= 15 is 0 Å². The van der Waals surface area contributed by atoms with Crippen molar-refractivity contribution in [2.75, 3.05) is 13.1 Å². The van der Waals surface area contributed by atoms with E-state index in [1.807, 2.05) is 6.92 Å². The lowest BCUT2D eigenvalue weighted by Crippen LogP contribution is -2.54. The van der Waals surface area contributed by atoms with Gasteiger partial charge >= 0.3 is 0 Å². The van der Waals surface area contributed by atoms with Crippen LogP contribution in [0.1, 0.15) is 36.2 Å². The molecule has 1 aliphatic heterocycles. The van der Waals surface area contributed by atoms with Crippen LogP contribution in [0.4, 0.5) is 0 Å². The van der Waals surface area contributed by atoms with E-state index in [2.05, 4.69) is 13.8 Å². The Kier molecular flexibility index (Phi) is 5.05. The lowest BCUT2D eigenvalue weighted by atomic mass is 9.79. The summed E-state index contributed by atoms with van der Waals surface area (Å²) in [6.45, 7) is 7.34. The van der Waals surface area contributed by atoms with Gasteiger partial charge in [-0.25, -0.2) is 0 Å². The Labute approximate surface area is 126 Å². The molecule has 0 bridgehead atoms. The van der Waals surface area contributed by atoms with Crippen molar-refractivity contribution >= 4 is 18.3 Å². The fourth-order valence-electron chi connectivity index (χ4n) is 2.54. The molecule has 1 aliphatic rings. The summed E-state index contributed by atoms with van der Waals surface area (Å²) in [5, 5.41) is 9.85. The molecule has 4 nitrogen and oxygen atoms in total. The van der Waals surface area contributed by atoms with Crippen molar-refractivity contribution in [1.29, 1.82) is 0 Å². The van der Waals surface area contributed by atoms with Crippen LogP contribution >= 0.6 is 12.4 Å². The molecule has 1 amide bonds. The van der Waals surface area contributed by atoms with Gasteiger partial charge in [0.1, 0.15) is 5.75 Å². The molecule has 1 aromatic rings. The van der Waals surface area contributed by atoms with E-state index in [0.29, 0.717) is 18.7 Å². The monoisotopic (exact) mass is 298 g/mol. The fourth-order valence-corrected chi connectivity index (χ4v) is 2.54. The van der Waals surface area contributed by atoms with Gasteiger partial charge in [0.05, 0.1) is 5.56 Å². The average molecular weight is 299 g/mol. The number of hydrogen-bond acceptors (Lipinski definition) is 3. The molecule has 1 heterocycles. The smallest absolute Gasteiger partial charge is 0.257 e. The number of aromatic hydroxyl groups is 1. The molecule has 0 saturated carbocycles. The molecule has 0 aromatic heterocycles. The number of likely N-dealkylation sites (tertiary alicyclic amines) is 1. The first-order chi connectivity index (χ1) is 8.81. The molecule has 2 rings (SSSR count). The second-order valence-corrected chi connectivity index (χ2v) is 6.13. The molecule has 1 fully saturated rings. The summed E-state index contributed by atoms with van der Waals surface area (Å²) in [7, 11) is 0. The Morgan fingerprint density at radius 3 is 2.70 bits per heavy atom. The summed E-state index contributed by atoms with van der Waals surface area (Å²) in [6.07, 6.45) is 0.797. The third-order valence-electron chi connectivity index (χ3n) is 3.98. The van der Waals surface area contributed by atoms with Gasteiger partial charge in [-0.3, -0.25) is 4.79 Å². The van der Waals surface area contributed by atoms with Crippen LogP contribution in [0.3, 0.4) is 0 Å². The average Bonchev–Trinajstić information content (AvgIpc) is 2.35. The van der Waals surface area contributed by atoms with Crippen molar-refractivity contribution in [3.8, 4) is 5.75 Å². The highest BCUT2D eigenvalue weighted by Gasteiger charge is 2.36. The van der Waals surface area contributed by atoms with Crippen molar-refractivity contribution in [1.82, 2.24) is 4.90 Å². The lowest BCUT2D eigenvalue weighted by Gasteiger charge is -2.42. The number of carbonyl (C=O) groups is 1. The van der Waals surface area contributed by atoms with Gasteiger partial charge in [0.15, 0.2) is 0 Å². The molecule has 3 N–H and O–H groups in total. The normalized spacial score (nSPS) is 21.2. The second-order valence-electron chi connectivity index (χ2n) is 6.13. The number of amides is 1. The minimum atomic E-state index is -0.110. The molecule has 112 valence electrons. The summed E-state index contributed by atoms with van der Waals surface area (Å²) in [6, 6.07) is 5.22. The number of carbonyl (C=O) groups excluding carboxylic acids is 1. The van der Waals surface area contributed by atoms with Gasteiger partial charge in [-0.15, -0.1) is 12.4 Å². The Bertz CT molecular complexity index is 503. The highest BCUT2D eigenvalue weighted by atomic mass is 35.5. The van der Waals surface area contributed by atoms with E-state index in [1.165, 1.54) is 0 Å². The summed E-state index contributed by atoms with van der Waals surface area (Å²) in [4.78, 5) is 14.3. The zero-order chi connectivity index (χ0) is 14.2. The molecule has 5 heteroatoms. The first-order valence-electron chi connectivity index (χ1n) is 6.66. The third kappa shape index (κ3) is 3.25. The number of benzene rings is 1. The summed E-state index contributed by atoms with van der Waals surface area (Å²) < 4.78 is 0. The Hall–Kier alpha value is -1.26. The molecule has 0 aliphatic carbocycles. The van der Waals surface area contributed by atoms with Gasteiger partial charge in [-0.2, -0.15) is 0 Å². The van der Waals surface area contributed by atoms with Crippen LogP contribution in [0, 0.1) is 12.3 Å². The van der Waals surface area contributed by atoms with Crippen molar-refractivity contribution in [2.24, 2.45) is 11.1 Å². The molecule has 1 unspecified atom stereocenters. The predicted molar refractivity (Wildman–Crippen MR) is 82.4 cm³/mol. The predicted octanol–water partition coefficient (Wildman–Crippen LogP) is 2.32. The highest BCUT2D eigenvalue weighted by molar-refractivity contribution is 5.97. The van der Waals surface area contributed by atoms with Crippen molar-refractivity contribution in [2.45, 2.75) is 33.2 Å². The van der Waals surface area contributed by atoms with Gasteiger partial charge in [-0.05, 0) is 30.9 Å². The van der Waals surface area contributed by atoms with Crippen LogP contribution in [0.25, 0.3) is 0 Å². The second kappa shape index (κ2) is 6.02. The number of aryl methyl sites for hydroxylation is 1. The quantitative estimate of drug-likeness (QED) is 0.836. The van der Waals surface area contributed by atoms with E-state index in [-0.39, 0.29) is 35.5 Å². The minimum Gasteiger partial charge on any atom is -0.507 e. The number of hydrogen-bond donors (Lipinski definition) is 2. The van der Waals surface area contributed by atoms with Gasteiger partial charge in [0, 0.05) is 19.1 Å². The molecular formula is C15H23ClN2O2. The zero-order valence-electron chi connectivity index (χ0n) is 12.2. The molecule has 1 aromatic carbocycles. The third-order valence-corrected chi connectivity index (χ3v) is 3.98. The van der Waals surface area contributed by atoms with Gasteiger partial charge in [-0.1, -0.05) is 25.5 Å². The maximum Gasteiger partial charge on any atom is 0.257 e. The Morgan fingerprint density at radius 2 is 2.10 bits per heavy atom. The zero-order valence-corrected chi connectivity index (χ0v) is 13.0. The maximum absolute atomic E-state index is 12.5. The van der Waals surface area contributed by atoms with Crippen LogP contribution in [0.2, 0.25) is 0 Å². The number of nitrogens with zero attached hydrogens (tertiary/aromatic N) is 1. The minimum absolute atomic E-state index is 0. The number of phenols is 1. The maximum atomic E-state index is 12.5. The Morgan fingerprint density at radius 1 is 1.45 bits per heavy atom. The number of nitrogens with two attached hydrogens (primary N) is 1. The lowest BCUT2D eigenvalue weighted by molar-refractivity contribution is 0.0530. The number of rotatable bonds is 1. The van der Waals surface area contributed by atoms with Crippen LogP contribution in [0.5, 0.6) is 5.75 Å². The van der Waals surface area contributed by atoms with Crippen molar-refractivity contribution in [3.63, 3.8) is 0 Å². The van der Waals surface area contributed by atoms with Crippen molar-refractivity contribution < 1.29 is 9.90 Å². The van der Waals surface area contributed by atoms with Gasteiger partial charge < -0.3 is 15.7 Å². The fraction of sp³-hybridized carbons (Fsp3) is 0.533. The molecule has 1 atom stereocenters. The summed E-state index contributed by atoms with van der Waals surface area (Å²) >= 11 is 0. The summed E-state index contributed by atoms with van der Waals surface area (Å²) in [5.74, 6) is -0.0653. The summed E-state index contributed by atoms with van der Waals surface area (Å²) in [5.41, 5.74) is 7.34. The molecule has 1 saturated heterocycles. The first kappa shape index (κ1) is 16.8. The van der Waals surface area contributed by atoms with Crippen LogP contribution in [0.15, 0.2) is 18.2 Å². The van der Waals surface area contributed by atoms with Gasteiger partial charge in [0.25, 0.3) is 5.91 Å². The first-order valence-corrected chi connectivity index (χ1v) is 6.66. The van der Waals surface area contributed by atoms with E-state index in [0.717, 1.165) is 12.0 Å². The van der Waals surface area contributed by atoms with Crippen molar-refractivity contribution in [3.05, 3.63) is 29.3 Å². The number of phenolic OH excluding ortho intramolecular Hbond substituents is 1. The SMILES string of the molecule is Cc1ccc(O)c(C(=O)N2CCC(N)C(C)(C)C2)c1.Cl. The van der Waals surface area contributed by atoms with Gasteiger partial charge in [0.2, 0.25) is 0 Å². The molecule has 20 heavy (non-hydrogen) atoms. The number of piperidine rings is 1. The van der Waals surface area contributed by atoms with Crippen LogP contribution < -0.4 is 5.73 Å². The Balaban J connectivity index is 0.00000200. The van der Waals surface area contributed by atoms with Crippen LogP contribution in [-0.2, 0) is 0 Å². The van der Waals surface area contributed by atoms with E-state index in [9.17, 15) is 9.90 Å². The molecule has 0 spiro atoms. The van der Waals surface area contributed by atoms with E-state index in [1.54, 1.807) is 23.1 Å². The highest BCUT2D eigenvalue weighted by Crippen LogP contribution is 2.30. The topological polar surface area (TPSA) is 66.6 Å². The van der Waals surface area contributed by atoms with Crippen LogP contribution in [-0.4, -0.2) is 35.0 Å². The van der Waals surface area contributed by atoms with E-state index in [4.69, 9.17) is 5.73 Å².